The van der Waals surface area contributed by atoms with E-state index in [0.29, 0.717) is 12.3 Å². The number of carbonyl (C=O) groups is 1. The number of ether oxygens (including phenoxy) is 1. The Kier molecular flexibility index (Phi) is 5.57. The highest BCUT2D eigenvalue weighted by Gasteiger charge is 2.43. The molecule has 1 aromatic carbocycles. The predicted octanol–water partition coefficient (Wildman–Crippen LogP) is 3.43. The number of piperidine rings is 1. The Morgan fingerprint density at radius 1 is 1.17 bits per heavy atom. The molecule has 0 radical (unpaired) electrons. The summed E-state index contributed by atoms with van der Waals surface area (Å²) in [7, 11) is 0. The van der Waals surface area contributed by atoms with Gasteiger partial charge < -0.3 is 10.1 Å². The zero-order chi connectivity index (χ0) is 20.4. The van der Waals surface area contributed by atoms with Crippen molar-refractivity contribution < 1.29 is 9.53 Å². The van der Waals surface area contributed by atoms with Crippen molar-refractivity contribution in [3.8, 4) is 0 Å². The zero-order valence-electron chi connectivity index (χ0n) is 17.6. The van der Waals surface area contributed by atoms with Gasteiger partial charge in [0.15, 0.2) is 0 Å². The number of carbonyl (C=O) groups excluding carboxylic acids is 1. The fourth-order valence-corrected chi connectivity index (χ4v) is 4.99. The number of amides is 1. The molecule has 158 valence electrons. The maximum absolute atomic E-state index is 12.5. The molecule has 1 unspecified atom stereocenters. The number of rotatable bonds is 6. The molecule has 2 aromatic rings. The molecule has 2 aliphatic heterocycles. The lowest BCUT2D eigenvalue weighted by Gasteiger charge is -2.47. The van der Waals surface area contributed by atoms with Gasteiger partial charge in [-0.25, -0.2) is 0 Å². The zero-order valence-corrected chi connectivity index (χ0v) is 17.6. The molecule has 1 N–H and O–H groups in total. The number of fused-ring (bicyclic) bond motifs is 2. The van der Waals surface area contributed by atoms with E-state index in [9.17, 15) is 4.79 Å². The van der Waals surface area contributed by atoms with Crippen molar-refractivity contribution in [3.63, 3.8) is 0 Å². The Morgan fingerprint density at radius 2 is 2.00 bits per heavy atom. The number of likely N-dealkylation sites (tertiary alicyclic amines) is 1. The minimum absolute atomic E-state index is 0.0380. The second-order valence-electron chi connectivity index (χ2n) is 9.18. The summed E-state index contributed by atoms with van der Waals surface area (Å²) in [6, 6.07) is 12.8. The third kappa shape index (κ3) is 4.42. The lowest BCUT2D eigenvalue weighted by Crippen LogP contribution is -2.49. The van der Waals surface area contributed by atoms with Crippen LogP contribution < -0.4 is 5.32 Å². The van der Waals surface area contributed by atoms with E-state index in [2.05, 4.69) is 45.5 Å². The number of hydrogen-bond acceptors (Lipinski definition) is 4. The van der Waals surface area contributed by atoms with Gasteiger partial charge in [-0.1, -0.05) is 30.3 Å². The van der Waals surface area contributed by atoms with Gasteiger partial charge in [-0.3, -0.25) is 14.7 Å². The second kappa shape index (κ2) is 8.48. The smallest absolute Gasteiger partial charge is 0.222 e. The third-order valence-electron chi connectivity index (χ3n) is 6.84. The standard InChI is InChI=1S/C25H31N3O2/c29-24(27-17-19-7-8-19)15-22-14-21-5-1-2-6-23(21)25(30-22)9-12-28(13-10-25)18-20-4-3-11-26-16-20/h1-6,11,16,19,22H,7-10,12-15,17-18H2,(H,27,29). The molecule has 1 saturated carbocycles. The van der Waals surface area contributed by atoms with Crippen LogP contribution in [0, 0.1) is 5.92 Å². The third-order valence-corrected chi connectivity index (χ3v) is 6.84. The van der Waals surface area contributed by atoms with Gasteiger partial charge in [-0.15, -0.1) is 0 Å². The van der Waals surface area contributed by atoms with Gasteiger partial charge in [0.25, 0.3) is 0 Å². The molecule has 1 aromatic heterocycles. The molecule has 1 saturated heterocycles. The summed E-state index contributed by atoms with van der Waals surface area (Å²) in [5, 5.41) is 3.11. The highest BCUT2D eigenvalue weighted by molar-refractivity contribution is 5.76. The van der Waals surface area contributed by atoms with Crippen molar-refractivity contribution in [2.24, 2.45) is 5.92 Å². The summed E-state index contributed by atoms with van der Waals surface area (Å²) in [6.07, 6.45) is 9.46. The van der Waals surface area contributed by atoms with Gasteiger partial charge in [0.1, 0.15) is 0 Å². The quantitative estimate of drug-likeness (QED) is 0.800. The van der Waals surface area contributed by atoms with Crippen LogP contribution in [-0.4, -0.2) is 41.5 Å². The van der Waals surface area contributed by atoms with Crippen molar-refractivity contribution in [1.82, 2.24) is 15.2 Å². The maximum Gasteiger partial charge on any atom is 0.222 e. The molecule has 2 fully saturated rings. The van der Waals surface area contributed by atoms with Crippen molar-refractivity contribution in [3.05, 3.63) is 65.5 Å². The van der Waals surface area contributed by atoms with Gasteiger partial charge >= 0.3 is 0 Å². The lowest BCUT2D eigenvalue weighted by atomic mass is 9.77. The van der Waals surface area contributed by atoms with Crippen LogP contribution in [0.15, 0.2) is 48.8 Å². The Balaban J connectivity index is 1.26. The maximum atomic E-state index is 12.5. The normalized spacial score (nSPS) is 23.1. The second-order valence-corrected chi connectivity index (χ2v) is 9.18. The number of hydrogen-bond donors (Lipinski definition) is 1. The molecule has 3 heterocycles. The van der Waals surface area contributed by atoms with E-state index < -0.39 is 0 Å². The van der Waals surface area contributed by atoms with Crippen LogP contribution in [-0.2, 0) is 28.1 Å². The molecule has 1 atom stereocenters. The van der Waals surface area contributed by atoms with E-state index in [1.54, 1.807) is 0 Å². The first-order chi connectivity index (χ1) is 14.7. The highest BCUT2D eigenvalue weighted by Crippen LogP contribution is 2.44. The van der Waals surface area contributed by atoms with Gasteiger partial charge in [0.2, 0.25) is 5.91 Å². The minimum atomic E-state index is -0.262. The topological polar surface area (TPSA) is 54.5 Å². The summed E-state index contributed by atoms with van der Waals surface area (Å²) in [5.74, 6) is 0.841. The minimum Gasteiger partial charge on any atom is -0.366 e. The SMILES string of the molecule is O=C(CC1Cc2ccccc2C2(CCN(Cc3cccnc3)CC2)O1)NCC1CC1. The van der Waals surface area contributed by atoms with E-state index in [0.717, 1.165) is 45.4 Å². The fourth-order valence-electron chi connectivity index (χ4n) is 4.99. The number of nitrogens with one attached hydrogen (secondary N) is 1. The molecular weight excluding hydrogens is 374 g/mol. The first-order valence-corrected chi connectivity index (χ1v) is 11.3. The predicted molar refractivity (Wildman–Crippen MR) is 116 cm³/mol. The molecule has 5 heteroatoms. The molecule has 0 bridgehead atoms. The summed E-state index contributed by atoms with van der Waals surface area (Å²) >= 11 is 0. The van der Waals surface area contributed by atoms with E-state index in [-0.39, 0.29) is 17.6 Å². The first kappa shape index (κ1) is 19.7. The van der Waals surface area contributed by atoms with Crippen molar-refractivity contribution in [1.29, 1.82) is 0 Å². The van der Waals surface area contributed by atoms with Crippen molar-refractivity contribution in [2.45, 2.75) is 56.8 Å². The van der Waals surface area contributed by atoms with Crippen LogP contribution in [0.25, 0.3) is 0 Å². The number of pyridine rings is 1. The lowest BCUT2D eigenvalue weighted by molar-refractivity contribution is -0.150. The highest BCUT2D eigenvalue weighted by atomic mass is 16.5. The van der Waals surface area contributed by atoms with Crippen LogP contribution in [0.3, 0.4) is 0 Å². The Morgan fingerprint density at radius 3 is 2.77 bits per heavy atom. The number of nitrogens with zero attached hydrogens (tertiary/aromatic N) is 2. The van der Waals surface area contributed by atoms with Gasteiger partial charge in [-0.05, 0) is 60.8 Å². The Hall–Kier alpha value is -2.24. The fraction of sp³-hybridized carbons (Fsp3) is 0.520. The average molecular weight is 406 g/mol. The molecule has 5 nitrogen and oxygen atoms in total. The summed E-state index contributed by atoms with van der Waals surface area (Å²) in [6.45, 7) is 3.74. The Labute approximate surface area is 178 Å². The molecule has 1 aliphatic carbocycles. The summed E-state index contributed by atoms with van der Waals surface area (Å²) < 4.78 is 6.73. The molecule has 1 spiro atoms. The Bertz CT molecular complexity index is 873. The molecule has 1 amide bonds. The largest absolute Gasteiger partial charge is 0.366 e. The average Bonchev–Trinajstić information content (AvgIpc) is 3.60. The number of aromatic nitrogens is 1. The van der Waals surface area contributed by atoms with Crippen LogP contribution in [0.2, 0.25) is 0 Å². The van der Waals surface area contributed by atoms with Crippen LogP contribution in [0.5, 0.6) is 0 Å². The van der Waals surface area contributed by atoms with Crippen molar-refractivity contribution >= 4 is 5.91 Å². The molecule has 3 aliphatic rings. The van der Waals surface area contributed by atoms with Crippen LogP contribution in [0.4, 0.5) is 0 Å². The molecule has 5 rings (SSSR count). The van der Waals surface area contributed by atoms with Crippen LogP contribution >= 0.6 is 0 Å². The van der Waals surface area contributed by atoms with Gasteiger partial charge in [0, 0.05) is 38.6 Å². The summed E-state index contributed by atoms with van der Waals surface area (Å²) in [5.41, 5.74) is 3.68. The van der Waals surface area contributed by atoms with E-state index >= 15 is 0 Å². The van der Waals surface area contributed by atoms with Crippen LogP contribution in [0.1, 0.15) is 48.8 Å². The van der Waals surface area contributed by atoms with E-state index in [1.165, 1.54) is 29.5 Å². The molecule has 30 heavy (non-hydrogen) atoms. The van der Waals surface area contributed by atoms with Crippen molar-refractivity contribution in [2.75, 3.05) is 19.6 Å². The van der Waals surface area contributed by atoms with E-state index in [4.69, 9.17) is 4.74 Å². The monoisotopic (exact) mass is 405 g/mol. The van der Waals surface area contributed by atoms with Gasteiger partial charge in [0.05, 0.1) is 18.1 Å². The summed E-state index contributed by atoms with van der Waals surface area (Å²) in [4.78, 5) is 19.2. The van der Waals surface area contributed by atoms with E-state index in [1.807, 2.05) is 18.5 Å². The molecular formula is C25H31N3O2. The first-order valence-electron chi connectivity index (χ1n) is 11.3. The number of benzene rings is 1. The van der Waals surface area contributed by atoms with Gasteiger partial charge in [-0.2, -0.15) is 0 Å².